The Kier molecular flexibility index (Phi) is 10.3. The zero-order valence-electron chi connectivity index (χ0n) is 23.9. The van der Waals surface area contributed by atoms with Gasteiger partial charge in [-0.05, 0) is 43.7 Å². The molecule has 2 fully saturated rings. The SMILES string of the molecule is C=C[C@H]1C[C@]1(NC(=O)[C@@H]1C[C@@H]2CN1C(=O)[C@H](CCCC)NC(=O)OCCCCCCCc1ccccc1O2)C(=O)O. The van der Waals surface area contributed by atoms with Crippen molar-refractivity contribution < 1.29 is 33.8 Å². The van der Waals surface area contributed by atoms with Gasteiger partial charge in [0.2, 0.25) is 11.8 Å². The van der Waals surface area contributed by atoms with Crippen molar-refractivity contribution in [2.24, 2.45) is 5.92 Å². The lowest BCUT2D eigenvalue weighted by molar-refractivity contribution is -0.145. The van der Waals surface area contributed by atoms with Crippen LogP contribution in [0.2, 0.25) is 0 Å². The molecule has 5 atom stereocenters. The quantitative estimate of drug-likeness (QED) is 0.423. The molecule has 2 aliphatic heterocycles. The second kappa shape index (κ2) is 13.9. The van der Waals surface area contributed by atoms with Crippen LogP contribution in [0.4, 0.5) is 4.79 Å². The van der Waals surface area contributed by atoms with E-state index in [1.807, 2.05) is 31.2 Å². The number of para-hydroxylation sites is 1. The summed E-state index contributed by atoms with van der Waals surface area (Å²) in [5.74, 6) is -1.74. The Morgan fingerprint density at radius 2 is 1.95 bits per heavy atom. The van der Waals surface area contributed by atoms with Crippen molar-refractivity contribution in [1.29, 1.82) is 0 Å². The molecular formula is C31H43N3O7. The number of amides is 3. The number of fused-ring (bicyclic) bond motifs is 3. The monoisotopic (exact) mass is 569 g/mol. The van der Waals surface area contributed by atoms with E-state index in [0.717, 1.165) is 56.3 Å². The predicted molar refractivity (Wildman–Crippen MR) is 152 cm³/mol. The Hall–Kier alpha value is -3.56. The second-order valence-corrected chi connectivity index (χ2v) is 11.4. The summed E-state index contributed by atoms with van der Waals surface area (Å²) < 4.78 is 11.8. The summed E-state index contributed by atoms with van der Waals surface area (Å²) in [5.41, 5.74) is -0.345. The van der Waals surface area contributed by atoms with Crippen molar-refractivity contribution in [2.75, 3.05) is 13.2 Å². The minimum atomic E-state index is -1.42. The highest BCUT2D eigenvalue weighted by molar-refractivity contribution is 5.96. The molecule has 4 rings (SSSR count). The molecule has 0 aromatic heterocycles. The Morgan fingerprint density at radius 3 is 2.68 bits per heavy atom. The van der Waals surface area contributed by atoms with Gasteiger partial charge in [-0.25, -0.2) is 9.59 Å². The van der Waals surface area contributed by atoms with Gasteiger partial charge in [-0.3, -0.25) is 9.59 Å². The number of benzene rings is 1. The van der Waals surface area contributed by atoms with Gasteiger partial charge in [-0.15, -0.1) is 6.58 Å². The smallest absolute Gasteiger partial charge is 0.407 e. The highest BCUT2D eigenvalue weighted by atomic mass is 16.5. The lowest BCUT2D eigenvalue weighted by atomic mass is 10.0. The van der Waals surface area contributed by atoms with Crippen molar-refractivity contribution in [1.82, 2.24) is 15.5 Å². The third-order valence-electron chi connectivity index (χ3n) is 8.40. The number of unbranched alkanes of at least 4 members (excludes halogenated alkanes) is 1. The number of nitrogens with one attached hydrogen (secondary N) is 2. The number of aliphatic carboxylic acids is 1. The lowest BCUT2D eigenvalue weighted by Crippen LogP contribution is -2.56. The molecular weight excluding hydrogens is 526 g/mol. The molecule has 1 saturated carbocycles. The van der Waals surface area contributed by atoms with E-state index in [0.29, 0.717) is 12.8 Å². The summed E-state index contributed by atoms with van der Waals surface area (Å²) in [5, 5.41) is 15.3. The van der Waals surface area contributed by atoms with Crippen molar-refractivity contribution >= 4 is 23.9 Å². The van der Waals surface area contributed by atoms with Gasteiger partial charge in [-0.2, -0.15) is 0 Å². The zero-order chi connectivity index (χ0) is 29.4. The number of carboxylic acid groups (broad SMARTS) is 1. The van der Waals surface area contributed by atoms with Crippen LogP contribution in [0.5, 0.6) is 5.75 Å². The molecule has 10 nitrogen and oxygen atoms in total. The number of hydrogen-bond donors (Lipinski definition) is 3. The maximum Gasteiger partial charge on any atom is 0.407 e. The standard InChI is InChI=1S/C31H43N3O7/c1-3-5-15-24-28(36)34-20-23(18-25(34)27(35)33-31(29(37)38)19-22(31)4-2)41-26-16-11-10-14-21(26)13-9-7-6-8-12-17-40-30(39)32-24/h4,10-11,14,16,22-25H,2-3,5-9,12-13,15,17-20H2,1H3,(H,32,39)(H,33,35)(H,37,38)/t22-,23+,24-,25-,31+/m0/s1. The molecule has 1 aromatic rings. The highest BCUT2D eigenvalue weighted by Gasteiger charge is 2.61. The Morgan fingerprint density at radius 1 is 1.20 bits per heavy atom. The number of alkyl carbamates (subject to hydrolysis) is 1. The van der Waals surface area contributed by atoms with Crippen LogP contribution in [0, 0.1) is 5.92 Å². The first-order valence-electron chi connectivity index (χ1n) is 14.9. The Balaban J connectivity index is 1.61. The molecule has 41 heavy (non-hydrogen) atoms. The lowest BCUT2D eigenvalue weighted by Gasteiger charge is -2.29. The van der Waals surface area contributed by atoms with Gasteiger partial charge < -0.3 is 30.1 Å². The molecule has 0 radical (unpaired) electrons. The van der Waals surface area contributed by atoms with E-state index in [4.69, 9.17) is 9.47 Å². The number of hydrogen-bond acceptors (Lipinski definition) is 6. The molecule has 2 heterocycles. The summed E-state index contributed by atoms with van der Waals surface area (Å²) in [7, 11) is 0. The van der Waals surface area contributed by atoms with Crippen molar-refractivity contribution in [3.8, 4) is 5.75 Å². The average molecular weight is 570 g/mol. The van der Waals surface area contributed by atoms with Gasteiger partial charge >= 0.3 is 12.1 Å². The van der Waals surface area contributed by atoms with Crippen LogP contribution in [0.1, 0.15) is 76.7 Å². The van der Waals surface area contributed by atoms with Gasteiger partial charge in [-0.1, -0.05) is 63.3 Å². The van der Waals surface area contributed by atoms with E-state index in [-0.39, 0.29) is 31.9 Å². The van der Waals surface area contributed by atoms with Gasteiger partial charge in [0.1, 0.15) is 29.5 Å². The van der Waals surface area contributed by atoms with Gasteiger partial charge in [0.15, 0.2) is 0 Å². The fourth-order valence-electron chi connectivity index (χ4n) is 5.86. The van der Waals surface area contributed by atoms with Crippen LogP contribution < -0.4 is 15.4 Å². The van der Waals surface area contributed by atoms with E-state index in [1.165, 1.54) is 11.0 Å². The van der Waals surface area contributed by atoms with Crippen molar-refractivity contribution in [2.45, 2.75) is 101 Å². The molecule has 3 amide bonds. The number of carboxylic acids is 1. The maximum absolute atomic E-state index is 13.9. The minimum Gasteiger partial charge on any atom is -0.488 e. The third kappa shape index (κ3) is 7.40. The van der Waals surface area contributed by atoms with Crippen molar-refractivity contribution in [3.05, 3.63) is 42.5 Å². The zero-order valence-corrected chi connectivity index (χ0v) is 23.9. The largest absolute Gasteiger partial charge is 0.488 e. The fraction of sp³-hybridized carbons (Fsp3) is 0.613. The van der Waals surface area contributed by atoms with Gasteiger partial charge in [0.05, 0.1) is 13.2 Å². The van der Waals surface area contributed by atoms with Gasteiger partial charge in [0.25, 0.3) is 0 Å². The molecule has 1 aliphatic carbocycles. The fourth-order valence-corrected chi connectivity index (χ4v) is 5.86. The summed E-state index contributed by atoms with van der Waals surface area (Å²) in [6.45, 7) is 6.09. The second-order valence-electron chi connectivity index (χ2n) is 11.4. The minimum absolute atomic E-state index is 0.134. The molecule has 3 aliphatic rings. The molecule has 1 aromatic carbocycles. The highest BCUT2D eigenvalue weighted by Crippen LogP contribution is 2.45. The van der Waals surface area contributed by atoms with Crippen LogP contribution in [-0.4, -0.2) is 70.8 Å². The molecule has 224 valence electrons. The van der Waals surface area contributed by atoms with Crippen LogP contribution in [0.15, 0.2) is 36.9 Å². The number of aryl methyl sites for hydroxylation is 1. The molecule has 1 saturated heterocycles. The van der Waals surface area contributed by atoms with Gasteiger partial charge in [0, 0.05) is 12.3 Å². The maximum atomic E-state index is 13.9. The van der Waals surface area contributed by atoms with Crippen LogP contribution >= 0.6 is 0 Å². The molecule has 2 bridgehead atoms. The van der Waals surface area contributed by atoms with Crippen LogP contribution in [0.3, 0.4) is 0 Å². The average Bonchev–Trinajstić information content (AvgIpc) is 3.52. The molecule has 0 spiro atoms. The summed E-state index contributed by atoms with van der Waals surface area (Å²) in [6, 6.07) is 6.00. The summed E-state index contributed by atoms with van der Waals surface area (Å²) in [6.07, 6.45) is 8.34. The number of cyclic esters (lactones) is 1. The Bertz CT molecular complexity index is 1120. The number of carbonyl (C=O) groups excluding carboxylic acids is 3. The first-order chi connectivity index (χ1) is 19.8. The first kappa shape index (κ1) is 30.4. The van der Waals surface area contributed by atoms with Crippen LogP contribution in [-0.2, 0) is 25.5 Å². The van der Waals surface area contributed by atoms with E-state index in [1.54, 1.807) is 0 Å². The normalized spacial score (nSPS) is 29.0. The van der Waals surface area contributed by atoms with E-state index < -0.39 is 47.6 Å². The summed E-state index contributed by atoms with van der Waals surface area (Å²) in [4.78, 5) is 53.7. The third-order valence-corrected chi connectivity index (χ3v) is 8.40. The van der Waals surface area contributed by atoms with Crippen LogP contribution in [0.25, 0.3) is 0 Å². The number of nitrogens with zero attached hydrogens (tertiary/aromatic N) is 1. The first-order valence-corrected chi connectivity index (χ1v) is 14.9. The molecule has 3 N–H and O–H groups in total. The Labute approximate surface area is 241 Å². The van der Waals surface area contributed by atoms with E-state index in [2.05, 4.69) is 17.2 Å². The number of ether oxygens (including phenoxy) is 2. The molecule has 10 heteroatoms. The summed E-state index contributed by atoms with van der Waals surface area (Å²) >= 11 is 0. The topological polar surface area (TPSA) is 134 Å². The van der Waals surface area contributed by atoms with Crippen molar-refractivity contribution in [3.63, 3.8) is 0 Å². The molecule has 0 unspecified atom stereocenters. The number of rotatable bonds is 7. The van der Waals surface area contributed by atoms with E-state index in [9.17, 15) is 24.3 Å². The van der Waals surface area contributed by atoms with E-state index >= 15 is 0 Å². The predicted octanol–water partition coefficient (Wildman–Crippen LogP) is 3.97. The number of carbonyl (C=O) groups is 4.